The summed E-state index contributed by atoms with van der Waals surface area (Å²) in [5.41, 5.74) is -0.559. The molecule has 0 unspecified atom stereocenters. The van der Waals surface area contributed by atoms with Crippen LogP contribution in [0.25, 0.3) is 0 Å². The molecule has 1 saturated heterocycles. The predicted octanol–water partition coefficient (Wildman–Crippen LogP) is 2.28. The van der Waals surface area contributed by atoms with Crippen LogP contribution in [0.15, 0.2) is 24.3 Å². The maximum absolute atomic E-state index is 10.4. The van der Waals surface area contributed by atoms with Gasteiger partial charge in [0, 0.05) is 0 Å². The van der Waals surface area contributed by atoms with Gasteiger partial charge in [-0.3, -0.25) is 0 Å². The Kier molecular flexibility index (Phi) is 5.68. The minimum absolute atomic E-state index is 0.196. The minimum atomic E-state index is -0.901. The normalized spacial score (nSPS) is 26.3. The Bertz CT molecular complexity index is 493. The first-order valence-electron chi connectivity index (χ1n) is 8.03. The van der Waals surface area contributed by atoms with Crippen LogP contribution < -0.4 is 4.74 Å². The molecular weight excluding hydrogens is 296 g/mol. The largest absolute Gasteiger partial charge is 0.497 e. The summed E-state index contributed by atoms with van der Waals surface area (Å²) in [6.07, 6.45) is 0.446. The van der Waals surface area contributed by atoms with Gasteiger partial charge in [-0.2, -0.15) is 0 Å². The van der Waals surface area contributed by atoms with Crippen LogP contribution in [-0.2, 0) is 16.1 Å². The Morgan fingerprint density at radius 1 is 1.35 bits per heavy atom. The lowest BCUT2D eigenvalue weighted by molar-refractivity contribution is -0.165. The number of aliphatic hydroxyl groups is 2. The molecule has 0 spiro atoms. The summed E-state index contributed by atoms with van der Waals surface area (Å²) in [5.74, 6) is 0.804. The van der Waals surface area contributed by atoms with Crippen molar-refractivity contribution < 1.29 is 24.4 Å². The highest BCUT2D eigenvalue weighted by Crippen LogP contribution is 2.37. The van der Waals surface area contributed by atoms with Crippen molar-refractivity contribution >= 4 is 0 Å². The quantitative estimate of drug-likeness (QED) is 0.805. The number of rotatable bonds is 7. The molecule has 0 aromatic heterocycles. The van der Waals surface area contributed by atoms with E-state index in [2.05, 4.69) is 0 Å². The molecule has 0 bridgehead atoms. The molecule has 1 fully saturated rings. The second-order valence-corrected chi connectivity index (χ2v) is 6.99. The van der Waals surface area contributed by atoms with E-state index in [0.717, 1.165) is 17.7 Å². The Hall–Kier alpha value is -1.14. The van der Waals surface area contributed by atoms with Gasteiger partial charge in [0.05, 0.1) is 37.6 Å². The van der Waals surface area contributed by atoms with E-state index in [1.54, 1.807) is 21.0 Å². The van der Waals surface area contributed by atoms with Crippen LogP contribution in [0.5, 0.6) is 5.75 Å². The smallest absolute Gasteiger partial charge is 0.118 e. The highest BCUT2D eigenvalue weighted by Gasteiger charge is 2.46. The Balaban J connectivity index is 1.81. The summed E-state index contributed by atoms with van der Waals surface area (Å²) >= 11 is 0. The molecule has 1 aliphatic heterocycles. The molecule has 0 saturated carbocycles. The van der Waals surface area contributed by atoms with E-state index in [4.69, 9.17) is 14.2 Å². The van der Waals surface area contributed by atoms with Crippen LogP contribution in [0, 0.1) is 0 Å². The molecule has 130 valence electrons. The molecule has 3 atom stereocenters. The molecule has 1 aliphatic rings. The first kappa shape index (κ1) is 18.2. The van der Waals surface area contributed by atoms with E-state index in [0.29, 0.717) is 13.0 Å². The summed E-state index contributed by atoms with van der Waals surface area (Å²) in [7, 11) is 1.63. The van der Waals surface area contributed by atoms with Crippen molar-refractivity contribution in [3.63, 3.8) is 0 Å². The highest BCUT2D eigenvalue weighted by molar-refractivity contribution is 5.26. The molecule has 2 rings (SSSR count). The third-order valence-electron chi connectivity index (χ3n) is 4.51. The second kappa shape index (κ2) is 7.18. The van der Waals surface area contributed by atoms with Gasteiger partial charge in [0.2, 0.25) is 0 Å². The minimum Gasteiger partial charge on any atom is -0.497 e. The van der Waals surface area contributed by atoms with Crippen LogP contribution in [-0.4, -0.2) is 47.3 Å². The summed E-state index contributed by atoms with van der Waals surface area (Å²) in [5, 5.41) is 20.5. The highest BCUT2D eigenvalue weighted by atomic mass is 16.6. The molecule has 0 radical (unpaired) electrons. The van der Waals surface area contributed by atoms with E-state index in [9.17, 15) is 10.2 Å². The topological polar surface area (TPSA) is 68.2 Å². The Morgan fingerprint density at radius 3 is 2.52 bits per heavy atom. The lowest BCUT2D eigenvalue weighted by Gasteiger charge is -2.33. The van der Waals surface area contributed by atoms with Crippen LogP contribution in [0.4, 0.5) is 0 Å². The summed E-state index contributed by atoms with van der Waals surface area (Å²) < 4.78 is 16.6. The van der Waals surface area contributed by atoms with E-state index in [1.807, 2.05) is 31.2 Å². The summed E-state index contributed by atoms with van der Waals surface area (Å²) in [4.78, 5) is 0. The fourth-order valence-corrected chi connectivity index (χ4v) is 2.79. The van der Waals surface area contributed by atoms with Crippen LogP contribution in [0.3, 0.4) is 0 Å². The predicted molar refractivity (Wildman–Crippen MR) is 87.5 cm³/mol. The van der Waals surface area contributed by atoms with Crippen molar-refractivity contribution in [3.05, 3.63) is 29.8 Å². The zero-order chi connectivity index (χ0) is 17.1. The van der Waals surface area contributed by atoms with Crippen LogP contribution >= 0.6 is 0 Å². The number of hydrogen-bond donors (Lipinski definition) is 2. The lowest BCUT2D eigenvalue weighted by atomic mass is 9.94. The number of hydrogen-bond acceptors (Lipinski definition) is 5. The zero-order valence-electron chi connectivity index (χ0n) is 14.4. The molecule has 2 N–H and O–H groups in total. The van der Waals surface area contributed by atoms with E-state index >= 15 is 0 Å². The molecule has 5 heteroatoms. The van der Waals surface area contributed by atoms with Gasteiger partial charge >= 0.3 is 0 Å². The maximum atomic E-state index is 10.4. The number of aliphatic hydroxyl groups excluding tert-OH is 1. The van der Waals surface area contributed by atoms with Gasteiger partial charge in [0.15, 0.2) is 0 Å². The van der Waals surface area contributed by atoms with E-state index < -0.39 is 17.3 Å². The van der Waals surface area contributed by atoms with Crippen molar-refractivity contribution in [2.24, 2.45) is 0 Å². The molecule has 5 nitrogen and oxygen atoms in total. The molecular formula is C18H28O5. The summed E-state index contributed by atoms with van der Waals surface area (Å²) in [6, 6.07) is 7.63. The number of benzene rings is 1. The molecule has 1 aromatic rings. The Labute approximate surface area is 138 Å². The summed E-state index contributed by atoms with van der Waals surface area (Å²) in [6.45, 7) is 5.96. The van der Waals surface area contributed by atoms with Crippen molar-refractivity contribution in [1.29, 1.82) is 0 Å². The molecule has 1 heterocycles. The van der Waals surface area contributed by atoms with Gasteiger partial charge in [0.25, 0.3) is 0 Å². The van der Waals surface area contributed by atoms with Gasteiger partial charge in [-0.25, -0.2) is 0 Å². The monoisotopic (exact) mass is 324 g/mol. The van der Waals surface area contributed by atoms with Gasteiger partial charge in [0.1, 0.15) is 11.9 Å². The average Bonchev–Trinajstić information content (AvgIpc) is 2.92. The van der Waals surface area contributed by atoms with Crippen molar-refractivity contribution in [2.45, 2.75) is 63.6 Å². The zero-order valence-corrected chi connectivity index (χ0v) is 14.4. The molecule has 1 aromatic carbocycles. The molecule has 0 aliphatic carbocycles. The fourth-order valence-electron chi connectivity index (χ4n) is 2.79. The van der Waals surface area contributed by atoms with Crippen molar-refractivity contribution in [3.8, 4) is 5.75 Å². The Morgan fingerprint density at radius 2 is 2.00 bits per heavy atom. The third-order valence-corrected chi connectivity index (χ3v) is 4.51. The van der Waals surface area contributed by atoms with Gasteiger partial charge in [-0.1, -0.05) is 12.1 Å². The van der Waals surface area contributed by atoms with Crippen molar-refractivity contribution in [1.82, 2.24) is 0 Å². The second-order valence-electron chi connectivity index (χ2n) is 6.99. The van der Waals surface area contributed by atoms with Crippen molar-refractivity contribution in [2.75, 3.05) is 13.7 Å². The van der Waals surface area contributed by atoms with Gasteiger partial charge in [-0.15, -0.1) is 0 Å². The third kappa shape index (κ3) is 4.67. The van der Waals surface area contributed by atoms with Gasteiger partial charge in [-0.05, 0) is 51.3 Å². The van der Waals surface area contributed by atoms with Crippen LogP contribution in [0.2, 0.25) is 0 Å². The van der Waals surface area contributed by atoms with Crippen LogP contribution in [0.1, 0.15) is 39.2 Å². The maximum Gasteiger partial charge on any atom is 0.118 e. The van der Waals surface area contributed by atoms with Gasteiger partial charge < -0.3 is 24.4 Å². The molecule has 0 amide bonds. The first-order valence-corrected chi connectivity index (χ1v) is 8.03. The van der Waals surface area contributed by atoms with E-state index in [1.165, 1.54) is 0 Å². The number of ether oxygens (including phenoxy) is 3. The fraction of sp³-hybridized carbons (Fsp3) is 0.667. The SMILES string of the molecule is COc1ccc(COC[C@H](O)[C@]2(C)CC[C@H](C(C)(C)O)O2)cc1. The number of methoxy groups -OCH3 is 1. The first-order chi connectivity index (χ1) is 10.7. The lowest BCUT2D eigenvalue weighted by Crippen LogP contribution is -2.45. The average molecular weight is 324 g/mol. The standard InChI is InChI=1S/C18H28O5/c1-17(2,20)16-9-10-18(3,23-16)15(19)12-22-11-13-5-7-14(21-4)8-6-13/h5-8,15-16,19-20H,9-12H2,1-4H3/t15-,16+,18-/m0/s1. The molecule has 23 heavy (non-hydrogen) atoms. The van der Waals surface area contributed by atoms with E-state index in [-0.39, 0.29) is 12.7 Å².